The van der Waals surface area contributed by atoms with Gasteiger partial charge in [0.15, 0.2) is 12.4 Å². The van der Waals surface area contributed by atoms with Crippen LogP contribution in [0.25, 0.3) is 0 Å². The predicted octanol–water partition coefficient (Wildman–Crippen LogP) is 4.76. The number of hydrogen-bond donors (Lipinski definition) is 1. The Kier molecular flexibility index (Phi) is 6.62. The maximum atomic E-state index is 12.4. The monoisotopic (exact) mass is 411 g/mol. The van der Waals surface area contributed by atoms with Crippen LogP contribution in [0.3, 0.4) is 0 Å². The molecule has 0 atom stereocenters. The van der Waals surface area contributed by atoms with Crippen LogP contribution >= 0.6 is 23.1 Å². The Bertz CT molecular complexity index is 982. The van der Waals surface area contributed by atoms with Gasteiger partial charge in [-0.15, -0.1) is 23.1 Å². The third-order valence-electron chi connectivity index (χ3n) is 3.89. The molecule has 3 rings (SSSR count). The van der Waals surface area contributed by atoms with E-state index >= 15 is 0 Å². The number of hydrogen-bond acceptors (Lipinski definition) is 6. The molecule has 2 aromatic carbocycles. The molecule has 142 valence electrons. The van der Waals surface area contributed by atoms with Gasteiger partial charge in [0.05, 0.1) is 16.1 Å². The molecule has 0 aliphatic heterocycles. The highest BCUT2D eigenvalue weighted by molar-refractivity contribution is 7.98. The highest BCUT2D eigenvalue weighted by Gasteiger charge is 2.17. The molecule has 1 heterocycles. The summed E-state index contributed by atoms with van der Waals surface area (Å²) in [5.41, 5.74) is 1.01. The van der Waals surface area contributed by atoms with Crippen LogP contribution in [0.15, 0.2) is 70.9 Å². The largest absolute Gasteiger partial charge is 0.454 e. The van der Waals surface area contributed by atoms with Crippen LogP contribution in [0.1, 0.15) is 30.4 Å². The van der Waals surface area contributed by atoms with Gasteiger partial charge >= 0.3 is 5.97 Å². The van der Waals surface area contributed by atoms with Crippen LogP contribution in [0.2, 0.25) is 0 Å². The summed E-state index contributed by atoms with van der Waals surface area (Å²) >= 11 is 2.88. The molecule has 7 heteroatoms. The zero-order valence-corrected chi connectivity index (χ0v) is 16.6. The van der Waals surface area contributed by atoms with E-state index in [9.17, 15) is 14.4 Å². The van der Waals surface area contributed by atoms with E-state index in [1.54, 1.807) is 65.7 Å². The van der Waals surface area contributed by atoms with Gasteiger partial charge in [0.2, 0.25) is 0 Å². The number of Topliss-reactive ketones (excluding diaryl/α,β-unsaturated/α-hetero) is 1. The van der Waals surface area contributed by atoms with E-state index in [1.807, 2.05) is 18.4 Å². The Balaban J connectivity index is 1.65. The molecule has 3 aromatic rings. The van der Waals surface area contributed by atoms with Gasteiger partial charge in [-0.25, -0.2) is 4.79 Å². The lowest BCUT2D eigenvalue weighted by molar-refractivity contribution is 0.0475. The Morgan fingerprint density at radius 3 is 2.43 bits per heavy atom. The van der Waals surface area contributed by atoms with Gasteiger partial charge in [-0.05, 0) is 42.0 Å². The number of para-hydroxylation sites is 1. The van der Waals surface area contributed by atoms with Gasteiger partial charge in [0.25, 0.3) is 5.91 Å². The highest BCUT2D eigenvalue weighted by Crippen LogP contribution is 2.19. The number of thiophene rings is 1. The number of carbonyl (C=O) groups excluding carboxylic acids is 3. The molecule has 0 aliphatic rings. The van der Waals surface area contributed by atoms with Crippen molar-refractivity contribution in [3.8, 4) is 0 Å². The van der Waals surface area contributed by atoms with Crippen molar-refractivity contribution < 1.29 is 19.1 Å². The fourth-order valence-electron chi connectivity index (χ4n) is 2.43. The van der Waals surface area contributed by atoms with E-state index in [2.05, 4.69) is 5.32 Å². The first-order valence-electron chi connectivity index (χ1n) is 8.36. The fourth-order valence-corrected chi connectivity index (χ4v) is 3.46. The van der Waals surface area contributed by atoms with Gasteiger partial charge in [-0.2, -0.15) is 0 Å². The number of ether oxygens (including phenoxy) is 1. The zero-order valence-electron chi connectivity index (χ0n) is 15.0. The molecule has 0 saturated carbocycles. The average molecular weight is 412 g/mol. The lowest BCUT2D eigenvalue weighted by Crippen LogP contribution is -2.17. The van der Waals surface area contributed by atoms with Crippen LogP contribution in [0.5, 0.6) is 0 Å². The molecule has 0 unspecified atom stereocenters. The third-order valence-corrected chi connectivity index (χ3v) is 5.50. The van der Waals surface area contributed by atoms with E-state index in [0.29, 0.717) is 16.1 Å². The summed E-state index contributed by atoms with van der Waals surface area (Å²) < 4.78 is 5.17. The number of rotatable bonds is 7. The third kappa shape index (κ3) is 4.88. The van der Waals surface area contributed by atoms with Crippen LogP contribution in [-0.2, 0) is 4.74 Å². The molecule has 0 fully saturated rings. The Morgan fingerprint density at radius 2 is 1.75 bits per heavy atom. The van der Waals surface area contributed by atoms with Gasteiger partial charge < -0.3 is 10.1 Å². The molecule has 0 aliphatic carbocycles. The minimum absolute atomic E-state index is 0.193. The summed E-state index contributed by atoms with van der Waals surface area (Å²) in [6.07, 6.45) is 1.95. The highest BCUT2D eigenvalue weighted by atomic mass is 32.2. The van der Waals surface area contributed by atoms with Crippen LogP contribution in [0, 0.1) is 0 Å². The summed E-state index contributed by atoms with van der Waals surface area (Å²) in [6, 6.07) is 17.1. The first-order chi connectivity index (χ1) is 13.6. The Labute approximate surface area is 170 Å². The molecule has 0 saturated heterocycles. The molecule has 0 bridgehead atoms. The van der Waals surface area contributed by atoms with Gasteiger partial charge in [0, 0.05) is 10.5 Å². The number of carbonyl (C=O) groups is 3. The van der Waals surface area contributed by atoms with E-state index < -0.39 is 5.97 Å². The van der Waals surface area contributed by atoms with Crippen molar-refractivity contribution in [2.45, 2.75) is 4.90 Å². The second kappa shape index (κ2) is 9.34. The number of ketones is 1. The Hall–Kier alpha value is -2.90. The molecule has 0 radical (unpaired) electrons. The minimum Gasteiger partial charge on any atom is -0.454 e. The van der Waals surface area contributed by atoms with Crippen LogP contribution in [-0.4, -0.2) is 30.5 Å². The van der Waals surface area contributed by atoms with E-state index in [-0.39, 0.29) is 23.9 Å². The summed E-state index contributed by atoms with van der Waals surface area (Å²) in [5.74, 6) is -1.27. The van der Waals surface area contributed by atoms with Crippen LogP contribution in [0.4, 0.5) is 5.69 Å². The first kappa shape index (κ1) is 19.9. The van der Waals surface area contributed by atoms with Gasteiger partial charge in [-0.3, -0.25) is 9.59 Å². The topological polar surface area (TPSA) is 72.5 Å². The molecule has 1 aromatic heterocycles. The number of anilines is 1. The lowest BCUT2D eigenvalue weighted by atomic mass is 10.1. The summed E-state index contributed by atoms with van der Waals surface area (Å²) in [6.45, 7) is -0.370. The van der Waals surface area contributed by atoms with E-state index in [0.717, 1.165) is 4.90 Å². The smallest absolute Gasteiger partial charge is 0.340 e. The molecule has 28 heavy (non-hydrogen) atoms. The molecule has 0 spiro atoms. The molecule has 5 nitrogen and oxygen atoms in total. The maximum absolute atomic E-state index is 12.4. The van der Waals surface area contributed by atoms with Crippen molar-refractivity contribution >= 4 is 46.4 Å². The maximum Gasteiger partial charge on any atom is 0.340 e. The van der Waals surface area contributed by atoms with Gasteiger partial charge in [0.1, 0.15) is 0 Å². The quantitative estimate of drug-likeness (QED) is 0.345. The Morgan fingerprint density at radius 1 is 1.00 bits per heavy atom. The number of amides is 1. The second-order valence-corrected chi connectivity index (χ2v) is 7.53. The van der Waals surface area contributed by atoms with Crippen molar-refractivity contribution in [2.24, 2.45) is 0 Å². The minimum atomic E-state index is -0.670. The van der Waals surface area contributed by atoms with Crippen LogP contribution < -0.4 is 5.32 Å². The number of thioether (sulfide) groups is 1. The summed E-state index contributed by atoms with van der Waals surface area (Å²) in [7, 11) is 0. The number of nitrogens with one attached hydrogen (secondary N) is 1. The SMILES string of the molecule is CSc1ccc(C(=O)COC(=O)c2ccccc2NC(=O)c2cccs2)cc1. The molecule has 1 amide bonds. The van der Waals surface area contributed by atoms with Gasteiger partial charge in [-0.1, -0.05) is 30.3 Å². The second-order valence-electron chi connectivity index (χ2n) is 5.70. The van der Waals surface area contributed by atoms with E-state index in [4.69, 9.17) is 4.74 Å². The summed E-state index contributed by atoms with van der Waals surface area (Å²) in [5, 5.41) is 4.51. The number of benzene rings is 2. The molecular formula is C21H17NO4S2. The first-order valence-corrected chi connectivity index (χ1v) is 10.5. The lowest BCUT2D eigenvalue weighted by Gasteiger charge is -2.10. The van der Waals surface area contributed by atoms with Crippen molar-refractivity contribution in [3.05, 3.63) is 82.0 Å². The van der Waals surface area contributed by atoms with Crippen molar-refractivity contribution in [1.82, 2.24) is 0 Å². The predicted molar refractivity (Wildman–Crippen MR) is 112 cm³/mol. The molecular weight excluding hydrogens is 394 g/mol. The van der Waals surface area contributed by atoms with E-state index in [1.165, 1.54) is 11.3 Å². The van der Waals surface area contributed by atoms with Crippen molar-refractivity contribution in [3.63, 3.8) is 0 Å². The zero-order chi connectivity index (χ0) is 19.9. The summed E-state index contributed by atoms with van der Waals surface area (Å²) in [4.78, 5) is 38.5. The number of esters is 1. The van der Waals surface area contributed by atoms with Crippen molar-refractivity contribution in [2.75, 3.05) is 18.2 Å². The normalized spacial score (nSPS) is 10.3. The van der Waals surface area contributed by atoms with Crippen molar-refractivity contribution in [1.29, 1.82) is 0 Å². The fraction of sp³-hybridized carbons (Fsp3) is 0.0952. The molecule has 1 N–H and O–H groups in total. The standard InChI is InChI=1S/C21H17NO4S2/c1-27-15-10-8-14(9-11-15)18(23)13-26-21(25)16-5-2-3-6-17(16)22-20(24)19-7-4-12-28-19/h2-12H,13H2,1H3,(H,22,24). The average Bonchev–Trinajstić information content (AvgIpc) is 3.27.